The molecule has 1 aromatic carbocycles. The van der Waals surface area contributed by atoms with Gasteiger partial charge in [-0.05, 0) is 11.1 Å². The molecule has 0 fully saturated rings. The largest absolute Gasteiger partial charge is 0.325 e. The van der Waals surface area contributed by atoms with Gasteiger partial charge in [0.1, 0.15) is 5.01 Å². The molecule has 0 saturated carbocycles. The first-order valence-electron chi connectivity index (χ1n) is 5.77. The van der Waals surface area contributed by atoms with E-state index in [1.807, 2.05) is 0 Å². The molecule has 0 amide bonds. The van der Waals surface area contributed by atoms with E-state index in [0.717, 1.165) is 30.3 Å². The Hall–Kier alpha value is -1.23. The number of hydrogen-bond donors (Lipinski definition) is 1. The van der Waals surface area contributed by atoms with Crippen LogP contribution < -0.4 is 5.73 Å². The Balaban J connectivity index is 1.69. The quantitative estimate of drug-likeness (QED) is 0.900. The number of rotatable bonds is 3. The van der Waals surface area contributed by atoms with Crippen molar-refractivity contribution in [2.24, 2.45) is 5.73 Å². The number of aromatic nitrogens is 1. The second-order valence-corrected chi connectivity index (χ2v) is 5.29. The molecule has 88 valence electrons. The monoisotopic (exact) mass is 245 g/mol. The molecule has 1 aliphatic rings. The van der Waals surface area contributed by atoms with Gasteiger partial charge in [0, 0.05) is 31.6 Å². The topological polar surface area (TPSA) is 42.1 Å². The number of nitrogens with zero attached hydrogens (tertiary/aromatic N) is 2. The lowest BCUT2D eigenvalue weighted by Gasteiger charge is -2.12. The number of nitrogens with two attached hydrogens (primary N) is 1. The second-order valence-electron chi connectivity index (χ2n) is 4.35. The lowest BCUT2D eigenvalue weighted by atomic mass is 10.1. The van der Waals surface area contributed by atoms with Gasteiger partial charge in [0.2, 0.25) is 0 Å². The van der Waals surface area contributed by atoms with Crippen molar-refractivity contribution in [3.63, 3.8) is 0 Å². The highest BCUT2D eigenvalue weighted by molar-refractivity contribution is 7.09. The van der Waals surface area contributed by atoms with Gasteiger partial charge in [-0.1, -0.05) is 24.3 Å². The van der Waals surface area contributed by atoms with E-state index in [0.29, 0.717) is 6.54 Å². The molecule has 0 aliphatic carbocycles. The maximum atomic E-state index is 5.57. The normalized spacial score (nSPS) is 15.1. The number of hydrogen-bond acceptors (Lipinski definition) is 4. The third-order valence-corrected chi connectivity index (χ3v) is 3.99. The van der Waals surface area contributed by atoms with Crippen molar-refractivity contribution in [2.75, 3.05) is 0 Å². The number of thiazole rings is 1. The van der Waals surface area contributed by atoms with Crippen LogP contribution in [-0.4, -0.2) is 9.88 Å². The van der Waals surface area contributed by atoms with Crippen molar-refractivity contribution in [3.05, 3.63) is 51.5 Å². The van der Waals surface area contributed by atoms with Crippen LogP contribution in [-0.2, 0) is 26.2 Å². The van der Waals surface area contributed by atoms with Crippen molar-refractivity contribution in [1.82, 2.24) is 9.88 Å². The van der Waals surface area contributed by atoms with Gasteiger partial charge in [0.05, 0.1) is 5.69 Å². The Bertz CT molecular complexity index is 496. The van der Waals surface area contributed by atoms with Crippen molar-refractivity contribution >= 4 is 11.3 Å². The Kier molecular flexibility index (Phi) is 2.93. The molecule has 1 aliphatic heterocycles. The van der Waals surface area contributed by atoms with E-state index in [4.69, 9.17) is 5.73 Å². The minimum absolute atomic E-state index is 0.547. The second kappa shape index (κ2) is 4.56. The van der Waals surface area contributed by atoms with E-state index in [2.05, 4.69) is 39.5 Å². The van der Waals surface area contributed by atoms with Crippen LogP contribution in [0.15, 0.2) is 29.6 Å². The summed E-state index contributed by atoms with van der Waals surface area (Å²) in [6.07, 6.45) is 0. The van der Waals surface area contributed by atoms with Gasteiger partial charge in [-0.3, -0.25) is 4.90 Å². The van der Waals surface area contributed by atoms with Crippen LogP contribution in [0.1, 0.15) is 21.8 Å². The fourth-order valence-electron chi connectivity index (χ4n) is 2.26. The molecule has 0 radical (unpaired) electrons. The zero-order valence-corrected chi connectivity index (χ0v) is 10.4. The molecule has 2 aromatic rings. The summed E-state index contributed by atoms with van der Waals surface area (Å²) in [6.45, 7) is 3.54. The molecule has 0 bridgehead atoms. The maximum Gasteiger partial charge on any atom is 0.106 e. The van der Waals surface area contributed by atoms with Crippen LogP contribution >= 0.6 is 11.3 Å². The molecule has 2 N–H and O–H groups in total. The van der Waals surface area contributed by atoms with E-state index in [1.165, 1.54) is 11.1 Å². The summed E-state index contributed by atoms with van der Waals surface area (Å²) in [5, 5.41) is 3.14. The molecular formula is C13H15N3S. The van der Waals surface area contributed by atoms with Crippen LogP contribution in [0.2, 0.25) is 0 Å². The lowest BCUT2D eigenvalue weighted by molar-refractivity contribution is 0.272. The van der Waals surface area contributed by atoms with Gasteiger partial charge >= 0.3 is 0 Å². The number of fused-ring (bicyclic) bond motifs is 1. The number of benzene rings is 1. The summed E-state index contributed by atoms with van der Waals surface area (Å²) in [5.74, 6) is 0. The summed E-state index contributed by atoms with van der Waals surface area (Å²) in [6, 6.07) is 8.64. The standard InChI is InChI=1S/C13H15N3S/c14-5-13-15-12(9-17-13)8-16-6-10-3-1-2-4-11(10)7-16/h1-4,9H,5-8,14H2. The average molecular weight is 245 g/mol. The molecule has 0 unspecified atom stereocenters. The predicted octanol–water partition coefficient (Wildman–Crippen LogP) is 2.12. The van der Waals surface area contributed by atoms with E-state index < -0.39 is 0 Å². The van der Waals surface area contributed by atoms with Crippen LogP contribution in [0.3, 0.4) is 0 Å². The minimum atomic E-state index is 0.547. The Morgan fingerprint density at radius 1 is 1.24 bits per heavy atom. The summed E-state index contributed by atoms with van der Waals surface area (Å²) in [4.78, 5) is 6.92. The van der Waals surface area contributed by atoms with Crippen LogP contribution in [0.5, 0.6) is 0 Å². The molecule has 0 spiro atoms. The van der Waals surface area contributed by atoms with Gasteiger partial charge in [-0.15, -0.1) is 11.3 Å². The molecule has 0 atom stereocenters. The first kappa shape index (κ1) is 10.9. The molecule has 17 heavy (non-hydrogen) atoms. The average Bonchev–Trinajstić information content (AvgIpc) is 2.94. The smallest absolute Gasteiger partial charge is 0.106 e. The van der Waals surface area contributed by atoms with E-state index in [-0.39, 0.29) is 0 Å². The molecule has 4 heteroatoms. The Morgan fingerprint density at radius 2 is 1.94 bits per heavy atom. The predicted molar refractivity (Wildman–Crippen MR) is 69.4 cm³/mol. The van der Waals surface area contributed by atoms with Gasteiger partial charge in [0.25, 0.3) is 0 Å². The third-order valence-electron chi connectivity index (χ3n) is 3.07. The third kappa shape index (κ3) is 2.24. The van der Waals surface area contributed by atoms with Crippen molar-refractivity contribution in [2.45, 2.75) is 26.2 Å². The highest BCUT2D eigenvalue weighted by Crippen LogP contribution is 2.24. The molecule has 2 heterocycles. The van der Waals surface area contributed by atoms with Crippen LogP contribution in [0.25, 0.3) is 0 Å². The molecule has 0 saturated heterocycles. The minimum Gasteiger partial charge on any atom is -0.325 e. The highest BCUT2D eigenvalue weighted by atomic mass is 32.1. The zero-order valence-electron chi connectivity index (χ0n) is 9.60. The Labute approximate surface area is 105 Å². The van der Waals surface area contributed by atoms with E-state index in [1.54, 1.807) is 11.3 Å². The lowest BCUT2D eigenvalue weighted by Crippen LogP contribution is -2.15. The molecule has 3 rings (SSSR count). The molecule has 1 aromatic heterocycles. The Morgan fingerprint density at radius 3 is 2.53 bits per heavy atom. The van der Waals surface area contributed by atoms with Gasteiger partial charge in [-0.25, -0.2) is 4.98 Å². The summed E-state index contributed by atoms with van der Waals surface area (Å²) in [5.41, 5.74) is 9.61. The van der Waals surface area contributed by atoms with Gasteiger partial charge in [-0.2, -0.15) is 0 Å². The zero-order chi connectivity index (χ0) is 11.7. The van der Waals surface area contributed by atoms with Crippen molar-refractivity contribution < 1.29 is 0 Å². The first-order chi connectivity index (χ1) is 8.35. The van der Waals surface area contributed by atoms with Crippen LogP contribution in [0, 0.1) is 0 Å². The van der Waals surface area contributed by atoms with E-state index in [9.17, 15) is 0 Å². The van der Waals surface area contributed by atoms with Gasteiger partial charge in [0.15, 0.2) is 0 Å². The molecule has 3 nitrogen and oxygen atoms in total. The summed E-state index contributed by atoms with van der Waals surface area (Å²) >= 11 is 1.65. The van der Waals surface area contributed by atoms with Gasteiger partial charge < -0.3 is 5.73 Å². The molecular weight excluding hydrogens is 230 g/mol. The van der Waals surface area contributed by atoms with E-state index >= 15 is 0 Å². The first-order valence-corrected chi connectivity index (χ1v) is 6.65. The summed E-state index contributed by atoms with van der Waals surface area (Å²) in [7, 11) is 0. The van der Waals surface area contributed by atoms with Crippen LogP contribution in [0.4, 0.5) is 0 Å². The van der Waals surface area contributed by atoms with Crippen molar-refractivity contribution in [3.8, 4) is 0 Å². The summed E-state index contributed by atoms with van der Waals surface area (Å²) < 4.78 is 0. The fourth-order valence-corrected chi connectivity index (χ4v) is 2.93. The highest BCUT2D eigenvalue weighted by Gasteiger charge is 2.18. The fraction of sp³-hybridized carbons (Fsp3) is 0.308. The maximum absolute atomic E-state index is 5.57. The SMILES string of the molecule is NCc1nc(CN2Cc3ccccc3C2)cs1. The van der Waals surface area contributed by atoms with Crippen molar-refractivity contribution in [1.29, 1.82) is 0 Å².